The third kappa shape index (κ3) is 1.79. The van der Waals surface area contributed by atoms with Gasteiger partial charge in [0.25, 0.3) is 0 Å². The van der Waals surface area contributed by atoms with Gasteiger partial charge in [-0.3, -0.25) is 4.79 Å². The lowest BCUT2D eigenvalue weighted by atomic mass is 10.3. The van der Waals surface area contributed by atoms with Gasteiger partial charge in [-0.2, -0.15) is 0 Å². The first-order valence-electron chi connectivity index (χ1n) is 3.00. The largest absolute Gasteiger partial charge is 0.328 e. The van der Waals surface area contributed by atoms with E-state index in [0.29, 0.717) is 6.41 Å². The van der Waals surface area contributed by atoms with E-state index in [4.69, 9.17) is 0 Å². The topological polar surface area (TPSA) is 29.1 Å². The summed E-state index contributed by atoms with van der Waals surface area (Å²) in [5.74, 6) is -1.49. The van der Waals surface area contributed by atoms with Crippen LogP contribution in [-0.4, -0.2) is 6.41 Å². The highest BCUT2D eigenvalue weighted by molar-refractivity contribution is 9.10. The summed E-state index contributed by atoms with van der Waals surface area (Å²) in [4.78, 5) is 9.97. The Balaban J connectivity index is 3.17. The average molecular weight is 236 g/mol. The predicted molar refractivity (Wildman–Crippen MR) is 43.7 cm³/mol. The molecule has 0 aliphatic rings. The van der Waals surface area contributed by atoms with E-state index in [0.717, 1.165) is 12.1 Å². The Morgan fingerprint density at radius 2 is 2.08 bits per heavy atom. The third-order valence-electron chi connectivity index (χ3n) is 1.21. The van der Waals surface area contributed by atoms with Crippen molar-refractivity contribution in [2.24, 2.45) is 0 Å². The molecule has 1 rings (SSSR count). The number of amides is 1. The molecule has 0 spiro atoms. The van der Waals surface area contributed by atoms with Gasteiger partial charge in [-0.05, 0) is 22.0 Å². The van der Waals surface area contributed by atoms with Crippen LogP contribution in [0.1, 0.15) is 0 Å². The van der Waals surface area contributed by atoms with Crippen LogP contribution in [-0.2, 0) is 4.79 Å². The van der Waals surface area contributed by atoms with Gasteiger partial charge in [-0.15, -0.1) is 0 Å². The van der Waals surface area contributed by atoms with Crippen molar-refractivity contribution in [3.63, 3.8) is 0 Å². The number of benzene rings is 1. The molecule has 1 N–H and O–H groups in total. The molecule has 0 saturated carbocycles. The van der Waals surface area contributed by atoms with Crippen LogP contribution < -0.4 is 5.32 Å². The first-order chi connectivity index (χ1) is 5.65. The van der Waals surface area contributed by atoms with Crippen molar-refractivity contribution in [3.8, 4) is 0 Å². The summed E-state index contributed by atoms with van der Waals surface area (Å²) in [7, 11) is 0. The maximum Gasteiger partial charge on any atom is 0.211 e. The molecule has 0 fully saturated rings. The van der Waals surface area contributed by atoms with Gasteiger partial charge < -0.3 is 5.32 Å². The number of anilines is 1. The molecule has 0 aliphatic carbocycles. The Kier molecular flexibility index (Phi) is 2.75. The number of nitrogens with one attached hydrogen (secondary N) is 1. The maximum absolute atomic E-state index is 12.7. The van der Waals surface area contributed by atoms with Gasteiger partial charge in [0.15, 0.2) is 0 Å². The molecule has 0 heterocycles. The molecule has 5 heteroatoms. The second kappa shape index (κ2) is 3.62. The van der Waals surface area contributed by atoms with Crippen LogP contribution in [0.5, 0.6) is 0 Å². The van der Waals surface area contributed by atoms with Crippen LogP contribution in [0.2, 0.25) is 0 Å². The zero-order valence-corrected chi connectivity index (χ0v) is 7.36. The van der Waals surface area contributed by atoms with E-state index in [1.807, 2.05) is 0 Å². The van der Waals surface area contributed by atoms with E-state index in [9.17, 15) is 13.6 Å². The van der Waals surface area contributed by atoms with Crippen LogP contribution in [0.15, 0.2) is 16.6 Å². The quantitative estimate of drug-likeness (QED) is 0.619. The third-order valence-corrected chi connectivity index (χ3v) is 2.01. The molecule has 2 nitrogen and oxygen atoms in total. The molecule has 1 aromatic rings. The lowest BCUT2D eigenvalue weighted by molar-refractivity contribution is -0.105. The van der Waals surface area contributed by atoms with E-state index in [1.54, 1.807) is 0 Å². The Morgan fingerprint density at radius 3 is 2.67 bits per heavy atom. The van der Waals surface area contributed by atoms with Crippen LogP contribution >= 0.6 is 15.9 Å². The summed E-state index contributed by atoms with van der Waals surface area (Å²) in [6.07, 6.45) is 0.346. The van der Waals surface area contributed by atoms with Crippen molar-refractivity contribution in [1.29, 1.82) is 0 Å². The van der Waals surface area contributed by atoms with Gasteiger partial charge >= 0.3 is 0 Å². The van der Waals surface area contributed by atoms with Crippen molar-refractivity contribution in [2.75, 3.05) is 5.32 Å². The Bertz CT molecular complexity index is 317. The van der Waals surface area contributed by atoms with Crippen LogP contribution in [0.4, 0.5) is 14.5 Å². The molecule has 1 amide bonds. The fourth-order valence-corrected chi connectivity index (χ4v) is 1.07. The lowest BCUT2D eigenvalue weighted by Gasteiger charge is -2.02. The highest BCUT2D eigenvalue weighted by Crippen LogP contribution is 2.25. The van der Waals surface area contributed by atoms with Gasteiger partial charge in [-0.1, -0.05) is 0 Å². The molecular formula is C7H4BrF2NO. The predicted octanol–water partition coefficient (Wildman–Crippen LogP) is 2.30. The molecule has 1 aromatic carbocycles. The van der Waals surface area contributed by atoms with E-state index >= 15 is 0 Å². The summed E-state index contributed by atoms with van der Waals surface area (Å²) >= 11 is 2.85. The van der Waals surface area contributed by atoms with Crippen molar-refractivity contribution < 1.29 is 13.6 Å². The molecule has 0 aliphatic heterocycles. The first kappa shape index (κ1) is 9.12. The summed E-state index contributed by atoms with van der Waals surface area (Å²) in [6.45, 7) is 0. The highest BCUT2D eigenvalue weighted by Gasteiger charge is 2.07. The van der Waals surface area contributed by atoms with Gasteiger partial charge in [-0.25, -0.2) is 8.78 Å². The summed E-state index contributed by atoms with van der Waals surface area (Å²) in [5, 5.41) is 2.15. The van der Waals surface area contributed by atoms with Crippen molar-refractivity contribution in [1.82, 2.24) is 0 Å². The minimum atomic E-state index is -0.751. The van der Waals surface area contributed by atoms with Crippen LogP contribution in [0, 0.1) is 11.6 Å². The molecule has 0 aromatic heterocycles. The second-order valence-electron chi connectivity index (χ2n) is 2.01. The highest BCUT2D eigenvalue weighted by atomic mass is 79.9. The van der Waals surface area contributed by atoms with Crippen LogP contribution in [0.25, 0.3) is 0 Å². The standard InChI is InChI=1S/C7H4BrF2NO/c8-7-5(10)1-4(9)2-6(7)11-3-12/h1-3H,(H,11,12). The molecule has 0 unspecified atom stereocenters. The molecule has 0 atom stereocenters. The monoisotopic (exact) mass is 235 g/mol. The van der Waals surface area contributed by atoms with Gasteiger partial charge in [0.2, 0.25) is 6.41 Å². The van der Waals surface area contributed by atoms with Gasteiger partial charge in [0.05, 0.1) is 10.2 Å². The van der Waals surface area contributed by atoms with E-state index < -0.39 is 11.6 Å². The number of rotatable bonds is 2. The molecule has 0 bridgehead atoms. The maximum atomic E-state index is 12.7. The Hall–Kier alpha value is -0.970. The van der Waals surface area contributed by atoms with Crippen LogP contribution in [0.3, 0.4) is 0 Å². The SMILES string of the molecule is O=CNc1cc(F)cc(F)c1Br. The van der Waals surface area contributed by atoms with E-state index in [1.165, 1.54) is 0 Å². The molecular weight excluding hydrogens is 232 g/mol. The van der Waals surface area contributed by atoms with Gasteiger partial charge in [0.1, 0.15) is 11.6 Å². The normalized spacial score (nSPS) is 9.58. The minimum Gasteiger partial charge on any atom is -0.328 e. The molecule has 0 radical (unpaired) electrons. The number of halogens is 3. The summed E-state index contributed by atoms with van der Waals surface area (Å²) in [6, 6.07) is 1.74. The van der Waals surface area contributed by atoms with Crippen molar-refractivity contribution in [3.05, 3.63) is 28.2 Å². The number of carbonyl (C=O) groups excluding carboxylic acids is 1. The average Bonchev–Trinajstić information content (AvgIpc) is 2.00. The zero-order valence-electron chi connectivity index (χ0n) is 5.77. The Labute approximate surface area is 75.7 Å². The number of hydrogen-bond donors (Lipinski definition) is 1. The summed E-state index contributed by atoms with van der Waals surface area (Å²) in [5.41, 5.74) is 0.0718. The second-order valence-corrected chi connectivity index (χ2v) is 2.80. The van der Waals surface area contributed by atoms with Gasteiger partial charge in [0, 0.05) is 6.07 Å². The number of hydrogen-bond acceptors (Lipinski definition) is 1. The Morgan fingerprint density at radius 1 is 1.42 bits per heavy atom. The van der Waals surface area contributed by atoms with Crippen molar-refractivity contribution in [2.45, 2.75) is 0 Å². The molecule has 64 valence electrons. The fraction of sp³-hybridized carbons (Fsp3) is 0. The zero-order chi connectivity index (χ0) is 9.14. The molecule has 12 heavy (non-hydrogen) atoms. The smallest absolute Gasteiger partial charge is 0.211 e. The first-order valence-corrected chi connectivity index (χ1v) is 3.79. The van der Waals surface area contributed by atoms with E-state index in [2.05, 4.69) is 21.2 Å². The fourth-order valence-electron chi connectivity index (χ4n) is 0.725. The molecule has 0 saturated heterocycles. The minimum absolute atomic E-state index is 0.0380. The number of carbonyl (C=O) groups is 1. The lowest BCUT2D eigenvalue weighted by Crippen LogP contribution is -1.97. The van der Waals surface area contributed by atoms with Crippen molar-refractivity contribution >= 4 is 28.0 Å². The van der Waals surface area contributed by atoms with E-state index in [-0.39, 0.29) is 10.2 Å². The summed E-state index contributed by atoms with van der Waals surface area (Å²) < 4.78 is 25.3.